The molecular weight excluding hydrogens is 368 g/mol. The maximum atomic E-state index is 12.5. The normalized spacial score (nSPS) is 16.4. The number of anilines is 1. The standard InChI is InChI=1S/C18H20N4O4S/c1-11-10-27-17(19-11)21-15(23)8-7-14-16(24)22(18(25)20-14)9-12-3-5-13(26-2)6-4-12/h3-6,10,14H,7-9H2,1-2H3,(H,20,25)(H,19,21,23). The monoisotopic (exact) mass is 388 g/mol. The van der Waals surface area contributed by atoms with Gasteiger partial charge in [-0.15, -0.1) is 11.3 Å². The third kappa shape index (κ3) is 4.62. The van der Waals surface area contributed by atoms with E-state index < -0.39 is 12.1 Å². The Balaban J connectivity index is 1.52. The zero-order chi connectivity index (χ0) is 19.4. The maximum absolute atomic E-state index is 12.5. The summed E-state index contributed by atoms with van der Waals surface area (Å²) in [4.78, 5) is 41.9. The quantitative estimate of drug-likeness (QED) is 0.709. The van der Waals surface area contributed by atoms with Gasteiger partial charge in [0.05, 0.1) is 19.3 Å². The first-order chi connectivity index (χ1) is 13.0. The summed E-state index contributed by atoms with van der Waals surface area (Å²) in [7, 11) is 1.57. The van der Waals surface area contributed by atoms with Crippen LogP contribution in [0, 0.1) is 6.92 Å². The zero-order valence-electron chi connectivity index (χ0n) is 15.0. The van der Waals surface area contributed by atoms with Crippen molar-refractivity contribution >= 4 is 34.3 Å². The molecule has 2 aromatic rings. The van der Waals surface area contributed by atoms with Gasteiger partial charge < -0.3 is 15.4 Å². The van der Waals surface area contributed by atoms with Gasteiger partial charge in [0.2, 0.25) is 5.91 Å². The number of methoxy groups -OCH3 is 1. The van der Waals surface area contributed by atoms with Crippen LogP contribution in [-0.4, -0.2) is 40.9 Å². The maximum Gasteiger partial charge on any atom is 0.325 e. The smallest absolute Gasteiger partial charge is 0.325 e. The van der Waals surface area contributed by atoms with Crippen molar-refractivity contribution in [1.82, 2.24) is 15.2 Å². The van der Waals surface area contributed by atoms with E-state index in [0.717, 1.165) is 16.2 Å². The molecule has 1 atom stereocenters. The number of nitrogens with zero attached hydrogens (tertiary/aromatic N) is 2. The lowest BCUT2D eigenvalue weighted by atomic mass is 10.1. The highest BCUT2D eigenvalue weighted by atomic mass is 32.1. The number of aromatic nitrogens is 1. The molecule has 0 aliphatic carbocycles. The fourth-order valence-electron chi connectivity index (χ4n) is 2.70. The third-order valence-corrected chi connectivity index (χ3v) is 5.01. The number of hydrogen-bond acceptors (Lipinski definition) is 6. The van der Waals surface area contributed by atoms with E-state index >= 15 is 0 Å². The minimum atomic E-state index is -0.695. The number of thiazole rings is 1. The van der Waals surface area contributed by atoms with Crippen molar-refractivity contribution in [1.29, 1.82) is 0 Å². The van der Waals surface area contributed by atoms with Crippen molar-refractivity contribution in [2.24, 2.45) is 0 Å². The van der Waals surface area contributed by atoms with Crippen molar-refractivity contribution in [2.75, 3.05) is 12.4 Å². The first kappa shape index (κ1) is 18.8. The molecule has 142 valence electrons. The van der Waals surface area contributed by atoms with Crippen LogP contribution in [0.3, 0.4) is 0 Å². The summed E-state index contributed by atoms with van der Waals surface area (Å²) in [5.41, 5.74) is 1.65. The molecule has 0 saturated carbocycles. The molecule has 1 aliphatic heterocycles. The van der Waals surface area contributed by atoms with Gasteiger partial charge in [-0.1, -0.05) is 12.1 Å². The van der Waals surface area contributed by atoms with Crippen LogP contribution >= 0.6 is 11.3 Å². The van der Waals surface area contributed by atoms with E-state index in [9.17, 15) is 14.4 Å². The number of nitrogens with one attached hydrogen (secondary N) is 2. The number of urea groups is 1. The molecule has 1 aromatic heterocycles. The molecule has 9 heteroatoms. The lowest BCUT2D eigenvalue weighted by Gasteiger charge is -2.13. The van der Waals surface area contributed by atoms with Crippen LogP contribution in [0.1, 0.15) is 24.1 Å². The first-order valence-electron chi connectivity index (χ1n) is 8.43. The molecule has 2 N–H and O–H groups in total. The Hall–Kier alpha value is -2.94. The summed E-state index contributed by atoms with van der Waals surface area (Å²) in [5, 5.41) is 7.70. The Bertz CT molecular complexity index is 849. The molecule has 1 aromatic carbocycles. The highest BCUT2D eigenvalue weighted by molar-refractivity contribution is 7.13. The van der Waals surface area contributed by atoms with E-state index in [0.29, 0.717) is 10.9 Å². The Morgan fingerprint density at radius 2 is 2.07 bits per heavy atom. The fraction of sp³-hybridized carbons (Fsp3) is 0.333. The van der Waals surface area contributed by atoms with Crippen molar-refractivity contribution in [3.8, 4) is 5.75 Å². The average Bonchev–Trinajstić information content (AvgIpc) is 3.18. The van der Waals surface area contributed by atoms with Gasteiger partial charge in [0.1, 0.15) is 11.8 Å². The Labute approximate surface area is 160 Å². The molecule has 1 unspecified atom stereocenters. The highest BCUT2D eigenvalue weighted by Gasteiger charge is 2.37. The van der Waals surface area contributed by atoms with Crippen LogP contribution < -0.4 is 15.4 Å². The van der Waals surface area contributed by atoms with Crippen LogP contribution in [0.2, 0.25) is 0 Å². The van der Waals surface area contributed by atoms with Crippen molar-refractivity contribution in [3.05, 3.63) is 40.9 Å². The van der Waals surface area contributed by atoms with Crippen LogP contribution in [0.4, 0.5) is 9.93 Å². The fourth-order valence-corrected chi connectivity index (χ4v) is 3.41. The van der Waals surface area contributed by atoms with Gasteiger partial charge >= 0.3 is 6.03 Å². The molecule has 2 heterocycles. The molecule has 0 bridgehead atoms. The third-order valence-electron chi connectivity index (χ3n) is 4.13. The van der Waals surface area contributed by atoms with E-state index in [-0.39, 0.29) is 31.2 Å². The predicted molar refractivity (Wildman–Crippen MR) is 101 cm³/mol. The number of hydrogen-bond donors (Lipinski definition) is 2. The number of benzene rings is 1. The van der Waals surface area contributed by atoms with Crippen LogP contribution in [0.5, 0.6) is 5.75 Å². The van der Waals surface area contributed by atoms with E-state index in [1.807, 2.05) is 12.3 Å². The summed E-state index contributed by atoms with van der Waals surface area (Å²) < 4.78 is 5.10. The molecule has 1 aliphatic rings. The van der Waals surface area contributed by atoms with Gasteiger partial charge in [0, 0.05) is 11.8 Å². The summed E-state index contributed by atoms with van der Waals surface area (Å²) in [6.07, 6.45) is 0.353. The lowest BCUT2D eigenvalue weighted by Crippen LogP contribution is -2.31. The number of aryl methyl sites for hydroxylation is 1. The molecule has 1 fully saturated rings. The second-order valence-electron chi connectivity index (χ2n) is 6.16. The minimum Gasteiger partial charge on any atom is -0.497 e. The second kappa shape index (κ2) is 8.17. The average molecular weight is 388 g/mol. The summed E-state index contributed by atoms with van der Waals surface area (Å²) in [6, 6.07) is 6.01. The lowest BCUT2D eigenvalue weighted by molar-refractivity contribution is -0.128. The molecule has 8 nitrogen and oxygen atoms in total. The van der Waals surface area contributed by atoms with Crippen molar-refractivity contribution in [2.45, 2.75) is 32.4 Å². The molecule has 1 saturated heterocycles. The Morgan fingerprint density at radius 1 is 1.33 bits per heavy atom. The summed E-state index contributed by atoms with van der Waals surface area (Å²) in [5.74, 6) is 0.143. The van der Waals surface area contributed by atoms with Gasteiger partial charge in [-0.2, -0.15) is 0 Å². The van der Waals surface area contributed by atoms with Gasteiger partial charge in [-0.25, -0.2) is 9.78 Å². The zero-order valence-corrected chi connectivity index (χ0v) is 15.8. The second-order valence-corrected chi connectivity index (χ2v) is 7.01. The van der Waals surface area contributed by atoms with Crippen molar-refractivity contribution in [3.63, 3.8) is 0 Å². The van der Waals surface area contributed by atoms with Crippen LogP contribution in [0.25, 0.3) is 0 Å². The van der Waals surface area contributed by atoms with E-state index in [1.165, 1.54) is 11.3 Å². The van der Waals surface area contributed by atoms with Gasteiger partial charge in [0.25, 0.3) is 5.91 Å². The molecular formula is C18H20N4O4S. The van der Waals surface area contributed by atoms with E-state index in [2.05, 4.69) is 15.6 Å². The number of ether oxygens (including phenoxy) is 1. The van der Waals surface area contributed by atoms with Crippen LogP contribution in [-0.2, 0) is 16.1 Å². The summed E-state index contributed by atoms with van der Waals surface area (Å²) in [6.45, 7) is 2.02. The molecule has 0 spiro atoms. The molecule has 4 amide bonds. The predicted octanol–water partition coefficient (Wildman–Crippen LogP) is 2.30. The van der Waals surface area contributed by atoms with Gasteiger partial charge in [-0.05, 0) is 31.0 Å². The number of carbonyl (C=O) groups excluding carboxylic acids is 3. The Kier molecular flexibility index (Phi) is 5.70. The van der Waals surface area contributed by atoms with Crippen LogP contribution in [0.15, 0.2) is 29.6 Å². The number of carbonyl (C=O) groups is 3. The van der Waals surface area contributed by atoms with Gasteiger partial charge in [0.15, 0.2) is 5.13 Å². The van der Waals surface area contributed by atoms with Gasteiger partial charge in [-0.3, -0.25) is 14.5 Å². The molecule has 27 heavy (non-hydrogen) atoms. The van der Waals surface area contributed by atoms with E-state index in [1.54, 1.807) is 31.4 Å². The summed E-state index contributed by atoms with van der Waals surface area (Å²) >= 11 is 1.34. The SMILES string of the molecule is COc1ccc(CN2C(=O)NC(CCC(=O)Nc3nc(C)cs3)C2=O)cc1. The Morgan fingerprint density at radius 3 is 2.70 bits per heavy atom. The molecule has 3 rings (SSSR count). The molecule has 0 radical (unpaired) electrons. The largest absolute Gasteiger partial charge is 0.497 e. The number of amides is 4. The number of rotatable bonds is 7. The number of imide groups is 1. The highest BCUT2D eigenvalue weighted by Crippen LogP contribution is 2.18. The first-order valence-corrected chi connectivity index (χ1v) is 9.31. The van der Waals surface area contributed by atoms with E-state index in [4.69, 9.17) is 4.74 Å². The van der Waals surface area contributed by atoms with Crippen molar-refractivity contribution < 1.29 is 19.1 Å². The minimum absolute atomic E-state index is 0.117. The topological polar surface area (TPSA) is 101 Å².